The number of carbonyl (C=O) groups is 2. The van der Waals surface area contributed by atoms with Crippen molar-refractivity contribution in [2.45, 2.75) is 0 Å². The van der Waals surface area contributed by atoms with Gasteiger partial charge in [-0.1, -0.05) is 52.3 Å². The fraction of sp³-hybridized carbons (Fsp3) is 0. The maximum atomic E-state index is 13.1. The minimum atomic E-state index is -0.0898. The van der Waals surface area contributed by atoms with E-state index in [1.54, 1.807) is 0 Å². The van der Waals surface area contributed by atoms with Crippen LogP contribution in [0.25, 0.3) is 21.5 Å². The van der Waals surface area contributed by atoms with E-state index in [4.69, 9.17) is 0 Å². The maximum Gasteiger partial charge on any atom is 0.194 e. The van der Waals surface area contributed by atoms with Crippen molar-refractivity contribution in [1.29, 1.82) is 0 Å². The summed E-state index contributed by atoms with van der Waals surface area (Å²) in [6, 6.07) is 20.9. The SMILES string of the molecule is O=C1c2cc3ccccc3cc2C(=O)c2cc3c(Br)cccc3cc21. The molecule has 0 saturated carbocycles. The second-order valence-corrected chi connectivity index (χ2v) is 7.12. The summed E-state index contributed by atoms with van der Waals surface area (Å²) in [6.45, 7) is 0. The van der Waals surface area contributed by atoms with Crippen LogP contribution in [0.4, 0.5) is 0 Å². The lowest BCUT2D eigenvalue weighted by Gasteiger charge is -2.19. The molecule has 1 aliphatic carbocycles. The number of ketones is 2. The first-order valence-corrected chi connectivity index (χ1v) is 8.77. The van der Waals surface area contributed by atoms with Crippen LogP contribution in [0.2, 0.25) is 0 Å². The summed E-state index contributed by atoms with van der Waals surface area (Å²) in [7, 11) is 0. The Morgan fingerprint density at radius 3 is 1.64 bits per heavy atom. The van der Waals surface area contributed by atoms with Crippen LogP contribution in [0.15, 0.2) is 71.2 Å². The quantitative estimate of drug-likeness (QED) is 0.350. The van der Waals surface area contributed by atoms with E-state index in [9.17, 15) is 9.59 Å². The number of halogens is 1. The third kappa shape index (κ3) is 2.02. The van der Waals surface area contributed by atoms with Crippen molar-refractivity contribution in [3.05, 3.63) is 93.5 Å². The lowest BCUT2D eigenvalue weighted by molar-refractivity contribution is 0.0979. The third-order valence-corrected chi connectivity index (χ3v) is 5.52. The van der Waals surface area contributed by atoms with Crippen molar-refractivity contribution in [2.24, 2.45) is 0 Å². The highest BCUT2D eigenvalue weighted by Crippen LogP contribution is 2.34. The van der Waals surface area contributed by atoms with Crippen LogP contribution in [-0.4, -0.2) is 11.6 Å². The largest absolute Gasteiger partial charge is 0.289 e. The molecular formula is C22H11BrO2. The summed E-state index contributed by atoms with van der Waals surface area (Å²) in [6.07, 6.45) is 0. The Morgan fingerprint density at radius 2 is 1.04 bits per heavy atom. The van der Waals surface area contributed by atoms with E-state index in [2.05, 4.69) is 15.9 Å². The Morgan fingerprint density at radius 1 is 0.560 bits per heavy atom. The van der Waals surface area contributed by atoms with Gasteiger partial charge in [-0.05, 0) is 51.9 Å². The van der Waals surface area contributed by atoms with Crippen LogP contribution < -0.4 is 0 Å². The Hall–Kier alpha value is -2.78. The molecule has 0 fully saturated rings. The van der Waals surface area contributed by atoms with Gasteiger partial charge < -0.3 is 0 Å². The monoisotopic (exact) mass is 386 g/mol. The van der Waals surface area contributed by atoms with Crippen molar-refractivity contribution in [3.8, 4) is 0 Å². The van der Waals surface area contributed by atoms with Crippen LogP contribution in [0.5, 0.6) is 0 Å². The summed E-state index contributed by atoms with van der Waals surface area (Å²) in [5, 5.41) is 3.81. The molecule has 2 nitrogen and oxygen atoms in total. The van der Waals surface area contributed by atoms with Crippen LogP contribution >= 0.6 is 15.9 Å². The summed E-state index contributed by atoms with van der Waals surface area (Å²) < 4.78 is 0.914. The summed E-state index contributed by atoms with van der Waals surface area (Å²) in [5.74, 6) is -0.176. The molecule has 118 valence electrons. The predicted octanol–water partition coefficient (Wildman–Crippen LogP) is 5.53. The lowest BCUT2D eigenvalue weighted by Crippen LogP contribution is -2.20. The molecule has 0 saturated heterocycles. The molecule has 4 aromatic rings. The van der Waals surface area contributed by atoms with Gasteiger partial charge in [-0.2, -0.15) is 0 Å². The Bertz CT molecular complexity index is 1240. The van der Waals surface area contributed by atoms with Crippen molar-refractivity contribution in [1.82, 2.24) is 0 Å². The fourth-order valence-electron chi connectivity index (χ4n) is 3.57. The van der Waals surface area contributed by atoms with Crippen LogP contribution in [0, 0.1) is 0 Å². The van der Waals surface area contributed by atoms with Gasteiger partial charge in [-0.25, -0.2) is 0 Å². The normalized spacial score (nSPS) is 13.2. The fourth-order valence-corrected chi connectivity index (χ4v) is 4.07. The Kier molecular flexibility index (Phi) is 2.97. The van der Waals surface area contributed by atoms with E-state index in [0.29, 0.717) is 22.3 Å². The second kappa shape index (κ2) is 5.11. The summed E-state index contributed by atoms with van der Waals surface area (Å²) in [5.41, 5.74) is 1.94. The molecule has 0 aromatic heterocycles. The summed E-state index contributed by atoms with van der Waals surface area (Å²) in [4.78, 5) is 26.1. The molecule has 0 radical (unpaired) electrons. The number of hydrogen-bond donors (Lipinski definition) is 0. The highest BCUT2D eigenvalue weighted by molar-refractivity contribution is 9.10. The molecule has 5 rings (SSSR count). The van der Waals surface area contributed by atoms with Crippen LogP contribution in [0.3, 0.4) is 0 Å². The van der Waals surface area contributed by atoms with Crippen LogP contribution in [0.1, 0.15) is 31.8 Å². The van der Waals surface area contributed by atoms with Crippen molar-refractivity contribution in [2.75, 3.05) is 0 Å². The van der Waals surface area contributed by atoms with Crippen molar-refractivity contribution in [3.63, 3.8) is 0 Å². The van der Waals surface area contributed by atoms with E-state index in [-0.39, 0.29) is 11.6 Å². The lowest BCUT2D eigenvalue weighted by atomic mass is 9.81. The molecule has 0 spiro atoms. The molecule has 0 amide bonds. The highest BCUT2D eigenvalue weighted by Gasteiger charge is 2.30. The highest BCUT2D eigenvalue weighted by atomic mass is 79.9. The van der Waals surface area contributed by atoms with E-state index < -0.39 is 0 Å². The Labute approximate surface area is 152 Å². The molecule has 0 aliphatic heterocycles. The number of fused-ring (bicyclic) bond motifs is 4. The number of carbonyl (C=O) groups excluding carboxylic acids is 2. The molecule has 1 aliphatic rings. The molecular weight excluding hydrogens is 376 g/mol. The van der Waals surface area contributed by atoms with E-state index in [0.717, 1.165) is 26.0 Å². The van der Waals surface area contributed by atoms with Gasteiger partial charge in [0.05, 0.1) is 0 Å². The van der Waals surface area contributed by atoms with Gasteiger partial charge in [0.25, 0.3) is 0 Å². The maximum absolute atomic E-state index is 13.1. The van der Waals surface area contributed by atoms with Gasteiger partial charge in [0, 0.05) is 26.7 Å². The number of benzene rings is 4. The molecule has 0 unspecified atom stereocenters. The van der Waals surface area contributed by atoms with Crippen molar-refractivity contribution >= 4 is 49.0 Å². The molecule has 0 bridgehead atoms. The first-order valence-electron chi connectivity index (χ1n) is 7.98. The number of hydrogen-bond acceptors (Lipinski definition) is 2. The average Bonchev–Trinajstić information content (AvgIpc) is 2.64. The zero-order chi connectivity index (χ0) is 17.1. The zero-order valence-electron chi connectivity index (χ0n) is 13.0. The second-order valence-electron chi connectivity index (χ2n) is 6.26. The van der Waals surface area contributed by atoms with Gasteiger partial charge in [0.1, 0.15) is 0 Å². The molecule has 4 aromatic carbocycles. The van der Waals surface area contributed by atoms with Gasteiger partial charge in [0.15, 0.2) is 11.6 Å². The van der Waals surface area contributed by atoms with Crippen molar-refractivity contribution < 1.29 is 9.59 Å². The smallest absolute Gasteiger partial charge is 0.194 e. The molecule has 3 heteroatoms. The topological polar surface area (TPSA) is 34.1 Å². The third-order valence-electron chi connectivity index (χ3n) is 4.83. The van der Waals surface area contributed by atoms with E-state index in [1.165, 1.54) is 0 Å². The standard InChI is InChI=1S/C22H11BrO2/c23-20-7-3-6-14-10-18-19(11-15(14)20)22(25)17-9-13-5-2-1-4-12(13)8-16(17)21(18)24/h1-11H. The summed E-state index contributed by atoms with van der Waals surface area (Å²) >= 11 is 3.53. The average molecular weight is 387 g/mol. The predicted molar refractivity (Wildman–Crippen MR) is 102 cm³/mol. The zero-order valence-corrected chi connectivity index (χ0v) is 14.6. The molecule has 0 heterocycles. The minimum Gasteiger partial charge on any atom is -0.289 e. The van der Waals surface area contributed by atoms with Gasteiger partial charge >= 0.3 is 0 Å². The van der Waals surface area contributed by atoms with E-state index >= 15 is 0 Å². The van der Waals surface area contributed by atoms with Gasteiger partial charge in [-0.3, -0.25) is 9.59 Å². The van der Waals surface area contributed by atoms with Crippen LogP contribution in [-0.2, 0) is 0 Å². The Balaban J connectivity index is 1.85. The molecule has 0 N–H and O–H groups in total. The first kappa shape index (κ1) is 14.6. The van der Waals surface area contributed by atoms with Gasteiger partial charge in [0.2, 0.25) is 0 Å². The van der Waals surface area contributed by atoms with Gasteiger partial charge in [-0.15, -0.1) is 0 Å². The molecule has 25 heavy (non-hydrogen) atoms. The molecule has 0 atom stereocenters. The number of rotatable bonds is 0. The first-order chi connectivity index (χ1) is 12.1. The minimum absolute atomic E-state index is 0.0859. The van der Waals surface area contributed by atoms with E-state index in [1.807, 2.05) is 66.7 Å².